The van der Waals surface area contributed by atoms with Crippen LogP contribution >= 0.6 is 0 Å². The number of anilines is 2. The third-order valence-corrected chi connectivity index (χ3v) is 2.66. The summed E-state index contributed by atoms with van der Waals surface area (Å²) in [4.78, 5) is 1.53. The Labute approximate surface area is 111 Å². The highest BCUT2D eigenvalue weighted by molar-refractivity contribution is 5.55. The minimum absolute atomic E-state index is 0.276. The molecular formula is C13H17FN4O. The average molecular weight is 264 g/mol. The van der Waals surface area contributed by atoms with Gasteiger partial charge >= 0.3 is 6.01 Å². The lowest BCUT2D eigenvalue weighted by atomic mass is 10.3. The van der Waals surface area contributed by atoms with Gasteiger partial charge in [0.15, 0.2) is 0 Å². The van der Waals surface area contributed by atoms with Crippen molar-refractivity contribution in [2.45, 2.75) is 19.9 Å². The zero-order valence-corrected chi connectivity index (χ0v) is 11.1. The first kappa shape index (κ1) is 13.5. The van der Waals surface area contributed by atoms with Gasteiger partial charge in [0.25, 0.3) is 0 Å². The molecule has 1 N–H and O–H groups in total. The molecule has 0 fully saturated rings. The van der Waals surface area contributed by atoms with Crippen LogP contribution in [0.2, 0.25) is 0 Å². The fraction of sp³-hybridized carbons (Fsp3) is 0.385. The maximum absolute atomic E-state index is 13.6. The van der Waals surface area contributed by atoms with Gasteiger partial charge in [-0.25, -0.2) is 4.39 Å². The number of para-hydroxylation sites is 1. The number of aromatic nitrogens is 2. The summed E-state index contributed by atoms with van der Waals surface area (Å²) in [7, 11) is 1.69. The Morgan fingerprint density at radius 3 is 2.84 bits per heavy atom. The predicted molar refractivity (Wildman–Crippen MR) is 70.8 cm³/mol. The summed E-state index contributed by atoms with van der Waals surface area (Å²) in [6, 6.07) is 6.73. The van der Waals surface area contributed by atoms with Crippen LogP contribution in [0.5, 0.6) is 0 Å². The summed E-state index contributed by atoms with van der Waals surface area (Å²) < 4.78 is 19.1. The molecule has 6 heteroatoms. The Bertz CT molecular complexity index is 529. The van der Waals surface area contributed by atoms with Crippen LogP contribution in [0.4, 0.5) is 16.1 Å². The second-order valence-corrected chi connectivity index (χ2v) is 4.17. The van der Waals surface area contributed by atoms with Crippen LogP contribution in [0.3, 0.4) is 0 Å². The maximum Gasteiger partial charge on any atom is 0.322 e. The fourth-order valence-corrected chi connectivity index (χ4v) is 1.65. The molecule has 0 saturated carbocycles. The van der Waals surface area contributed by atoms with Gasteiger partial charge in [-0.1, -0.05) is 24.2 Å². The molecule has 0 aliphatic carbocycles. The minimum Gasteiger partial charge on any atom is -0.406 e. The number of hydrogen-bond donors (Lipinski definition) is 1. The van der Waals surface area contributed by atoms with Gasteiger partial charge in [0.1, 0.15) is 5.82 Å². The van der Waals surface area contributed by atoms with Crippen LogP contribution in [0.25, 0.3) is 0 Å². The van der Waals surface area contributed by atoms with E-state index in [4.69, 9.17) is 4.42 Å². The summed E-state index contributed by atoms with van der Waals surface area (Å²) >= 11 is 0. The topological polar surface area (TPSA) is 54.2 Å². The van der Waals surface area contributed by atoms with Crippen molar-refractivity contribution in [3.63, 3.8) is 0 Å². The molecule has 0 saturated heterocycles. The van der Waals surface area contributed by atoms with Crippen molar-refractivity contribution >= 4 is 11.7 Å². The third kappa shape index (κ3) is 3.29. The molecule has 0 aliphatic heterocycles. The number of halogens is 1. The smallest absolute Gasteiger partial charge is 0.322 e. The first-order valence-corrected chi connectivity index (χ1v) is 6.23. The van der Waals surface area contributed by atoms with Gasteiger partial charge in [-0.3, -0.25) is 4.90 Å². The second kappa shape index (κ2) is 6.29. The van der Waals surface area contributed by atoms with Crippen LogP contribution in [-0.2, 0) is 6.54 Å². The number of hydrogen-bond acceptors (Lipinski definition) is 5. The van der Waals surface area contributed by atoms with E-state index in [-0.39, 0.29) is 11.8 Å². The fourth-order valence-electron chi connectivity index (χ4n) is 1.65. The highest BCUT2D eigenvalue weighted by Crippen LogP contribution is 2.24. The molecule has 102 valence electrons. The Hall–Kier alpha value is -1.95. The lowest BCUT2D eigenvalue weighted by Gasteiger charge is -2.14. The Morgan fingerprint density at radius 1 is 1.32 bits per heavy atom. The average Bonchev–Trinajstić information content (AvgIpc) is 2.88. The van der Waals surface area contributed by atoms with Crippen LogP contribution in [0.1, 0.15) is 19.2 Å². The van der Waals surface area contributed by atoms with Crippen LogP contribution in [0.15, 0.2) is 28.7 Å². The molecule has 1 aromatic carbocycles. The molecule has 0 atom stereocenters. The standard InChI is InChI=1S/C13H17FN4O/c1-3-8-15-9-12-16-17-13(19-12)18(2)11-7-5-4-6-10(11)14/h4-7,15H,3,8-9H2,1-2H3. The molecule has 1 heterocycles. The van der Waals surface area contributed by atoms with Crippen molar-refractivity contribution in [2.75, 3.05) is 18.5 Å². The summed E-state index contributed by atoms with van der Waals surface area (Å²) in [6.07, 6.45) is 1.04. The first-order chi connectivity index (χ1) is 9.22. The van der Waals surface area contributed by atoms with Gasteiger partial charge in [0.05, 0.1) is 12.2 Å². The molecule has 2 aromatic rings. The van der Waals surface area contributed by atoms with Crippen LogP contribution in [0, 0.1) is 5.82 Å². The van der Waals surface area contributed by atoms with E-state index in [0.29, 0.717) is 18.1 Å². The summed E-state index contributed by atoms with van der Waals surface area (Å²) in [6.45, 7) is 3.49. The number of nitrogens with zero attached hydrogens (tertiary/aromatic N) is 3. The van der Waals surface area contributed by atoms with Gasteiger partial charge in [0.2, 0.25) is 5.89 Å². The SMILES string of the molecule is CCCNCc1nnc(N(C)c2ccccc2F)o1. The van der Waals surface area contributed by atoms with Gasteiger partial charge in [-0.15, -0.1) is 5.10 Å². The Morgan fingerprint density at radius 2 is 2.11 bits per heavy atom. The number of nitrogens with one attached hydrogen (secondary N) is 1. The molecule has 0 radical (unpaired) electrons. The molecule has 2 rings (SSSR count). The Kier molecular flexibility index (Phi) is 4.46. The predicted octanol–water partition coefficient (Wildman–Crippen LogP) is 2.48. The van der Waals surface area contributed by atoms with E-state index in [1.165, 1.54) is 11.0 Å². The summed E-state index contributed by atoms with van der Waals surface area (Å²) in [5.41, 5.74) is 0.402. The van der Waals surface area contributed by atoms with E-state index in [1.54, 1.807) is 25.2 Å². The van der Waals surface area contributed by atoms with Crippen LogP contribution in [-0.4, -0.2) is 23.8 Å². The summed E-state index contributed by atoms with van der Waals surface area (Å²) in [5, 5.41) is 11.0. The molecule has 19 heavy (non-hydrogen) atoms. The third-order valence-electron chi connectivity index (χ3n) is 2.66. The molecule has 0 bridgehead atoms. The van der Waals surface area contributed by atoms with E-state index in [1.807, 2.05) is 0 Å². The quantitative estimate of drug-likeness (QED) is 0.812. The summed E-state index contributed by atoms with van der Waals surface area (Å²) in [5.74, 6) is 0.167. The van der Waals surface area contributed by atoms with Gasteiger partial charge in [-0.2, -0.15) is 0 Å². The van der Waals surface area contributed by atoms with E-state index < -0.39 is 0 Å². The molecule has 1 aromatic heterocycles. The number of rotatable bonds is 6. The minimum atomic E-state index is -0.325. The number of benzene rings is 1. The van der Waals surface area contributed by atoms with Gasteiger partial charge < -0.3 is 9.73 Å². The van der Waals surface area contributed by atoms with Crippen LogP contribution < -0.4 is 10.2 Å². The maximum atomic E-state index is 13.6. The molecule has 0 spiro atoms. The molecular weight excluding hydrogens is 247 g/mol. The normalized spacial score (nSPS) is 10.7. The van der Waals surface area contributed by atoms with Crippen molar-refractivity contribution in [1.29, 1.82) is 0 Å². The zero-order chi connectivity index (χ0) is 13.7. The second-order valence-electron chi connectivity index (χ2n) is 4.17. The molecule has 5 nitrogen and oxygen atoms in total. The highest BCUT2D eigenvalue weighted by atomic mass is 19.1. The van der Waals surface area contributed by atoms with Gasteiger partial charge in [0, 0.05) is 7.05 Å². The van der Waals surface area contributed by atoms with Crippen molar-refractivity contribution in [3.05, 3.63) is 36.0 Å². The lowest BCUT2D eigenvalue weighted by Crippen LogP contribution is -2.14. The molecule has 0 amide bonds. The monoisotopic (exact) mass is 264 g/mol. The molecule has 0 aliphatic rings. The molecule has 0 unspecified atom stereocenters. The van der Waals surface area contributed by atoms with E-state index in [2.05, 4.69) is 22.4 Å². The van der Waals surface area contributed by atoms with Crippen molar-refractivity contribution in [2.24, 2.45) is 0 Å². The van der Waals surface area contributed by atoms with Crippen molar-refractivity contribution in [3.8, 4) is 0 Å². The van der Waals surface area contributed by atoms with Crippen molar-refractivity contribution in [1.82, 2.24) is 15.5 Å². The Balaban J connectivity index is 2.08. The van der Waals surface area contributed by atoms with E-state index >= 15 is 0 Å². The van der Waals surface area contributed by atoms with E-state index in [0.717, 1.165) is 13.0 Å². The lowest BCUT2D eigenvalue weighted by molar-refractivity contribution is 0.471. The largest absolute Gasteiger partial charge is 0.406 e. The highest BCUT2D eigenvalue weighted by Gasteiger charge is 2.14. The van der Waals surface area contributed by atoms with Gasteiger partial charge in [-0.05, 0) is 25.1 Å². The first-order valence-electron chi connectivity index (χ1n) is 6.23. The zero-order valence-electron chi connectivity index (χ0n) is 11.1. The van der Waals surface area contributed by atoms with Crippen molar-refractivity contribution < 1.29 is 8.81 Å². The van der Waals surface area contributed by atoms with E-state index in [9.17, 15) is 4.39 Å².